The summed E-state index contributed by atoms with van der Waals surface area (Å²) in [5.41, 5.74) is 3.66. The van der Waals surface area contributed by atoms with Crippen molar-refractivity contribution in [1.82, 2.24) is 10.2 Å². The molecule has 1 saturated heterocycles. The summed E-state index contributed by atoms with van der Waals surface area (Å²) in [7, 11) is 1.36. The van der Waals surface area contributed by atoms with Gasteiger partial charge in [-0.25, -0.2) is 0 Å². The summed E-state index contributed by atoms with van der Waals surface area (Å²) in [6.07, 6.45) is 5.75. The van der Waals surface area contributed by atoms with Gasteiger partial charge in [0, 0.05) is 23.9 Å². The molecule has 1 saturated carbocycles. The van der Waals surface area contributed by atoms with E-state index in [4.69, 9.17) is 16.3 Å². The fraction of sp³-hybridized carbons (Fsp3) is 0.400. The van der Waals surface area contributed by atoms with Crippen LogP contribution in [0.3, 0.4) is 0 Å². The number of hydrogen-bond acceptors (Lipinski definition) is 4. The van der Waals surface area contributed by atoms with E-state index in [0.717, 1.165) is 41.5 Å². The number of carbonyl (C=O) groups excluding carboxylic acids is 3. The maximum atomic E-state index is 14.3. The fourth-order valence-electron chi connectivity index (χ4n) is 6.77. The van der Waals surface area contributed by atoms with Crippen molar-refractivity contribution >= 4 is 29.4 Å². The predicted octanol–water partition coefficient (Wildman–Crippen LogP) is 6.76. The van der Waals surface area contributed by atoms with Crippen LogP contribution < -0.4 is 5.32 Å². The Morgan fingerprint density at radius 1 is 0.905 bits per heavy atom. The Morgan fingerprint density at radius 3 is 2.21 bits per heavy atom. The molecule has 1 aliphatic heterocycles. The van der Waals surface area contributed by atoms with Crippen molar-refractivity contribution in [3.63, 3.8) is 0 Å². The molecule has 0 bridgehead atoms. The van der Waals surface area contributed by atoms with Crippen LogP contribution in [0.4, 0.5) is 0 Å². The SMILES string of the molecule is COC(=O)C1C(c2ccccc2)C(C(=O)NCc2ccc(C)cc2)N(C(=O)CCC2CCCC2)C1c1ccc(Cl)cc1. The minimum Gasteiger partial charge on any atom is -0.469 e. The van der Waals surface area contributed by atoms with E-state index in [1.165, 1.54) is 20.0 Å². The average molecular weight is 587 g/mol. The summed E-state index contributed by atoms with van der Waals surface area (Å²) in [5.74, 6) is -1.74. The number of esters is 1. The van der Waals surface area contributed by atoms with E-state index in [2.05, 4.69) is 5.32 Å². The lowest BCUT2D eigenvalue weighted by Crippen LogP contribution is -2.48. The molecule has 0 aromatic heterocycles. The van der Waals surface area contributed by atoms with Gasteiger partial charge in [0.05, 0.1) is 19.1 Å². The van der Waals surface area contributed by atoms with Crippen molar-refractivity contribution in [1.29, 1.82) is 0 Å². The summed E-state index contributed by atoms with van der Waals surface area (Å²) in [6, 6.07) is 23.1. The molecule has 1 N–H and O–H groups in total. The van der Waals surface area contributed by atoms with Crippen LogP contribution in [0.15, 0.2) is 78.9 Å². The Bertz CT molecular complexity index is 1370. The third-order valence-corrected chi connectivity index (χ3v) is 9.17. The number of hydrogen-bond donors (Lipinski definition) is 1. The van der Waals surface area contributed by atoms with Gasteiger partial charge >= 0.3 is 5.97 Å². The Hall–Kier alpha value is -3.64. The summed E-state index contributed by atoms with van der Waals surface area (Å²) in [4.78, 5) is 43.9. The molecule has 3 aromatic rings. The van der Waals surface area contributed by atoms with Gasteiger partial charge in [0.25, 0.3) is 0 Å². The average Bonchev–Trinajstić information content (AvgIpc) is 3.66. The van der Waals surface area contributed by atoms with Gasteiger partial charge in [-0.1, -0.05) is 110 Å². The van der Waals surface area contributed by atoms with Crippen LogP contribution in [-0.2, 0) is 25.7 Å². The van der Waals surface area contributed by atoms with Crippen LogP contribution in [0.25, 0.3) is 0 Å². The van der Waals surface area contributed by atoms with Gasteiger partial charge in [0.15, 0.2) is 0 Å². The zero-order valence-corrected chi connectivity index (χ0v) is 25.1. The minimum absolute atomic E-state index is 0.121. The molecule has 0 spiro atoms. The number of nitrogens with one attached hydrogen (secondary N) is 1. The molecule has 4 unspecified atom stereocenters. The largest absolute Gasteiger partial charge is 0.469 e. The van der Waals surface area contributed by atoms with E-state index >= 15 is 0 Å². The second-order valence-electron chi connectivity index (χ2n) is 11.6. The van der Waals surface area contributed by atoms with Gasteiger partial charge in [-0.15, -0.1) is 0 Å². The lowest BCUT2D eigenvalue weighted by atomic mass is 9.80. The minimum atomic E-state index is -0.904. The number of carbonyl (C=O) groups is 3. The van der Waals surface area contributed by atoms with E-state index in [1.54, 1.807) is 17.0 Å². The Balaban J connectivity index is 1.58. The number of benzene rings is 3. The third kappa shape index (κ3) is 6.54. The molecule has 0 radical (unpaired) electrons. The van der Waals surface area contributed by atoms with Crippen LogP contribution in [0.1, 0.15) is 72.7 Å². The molecule has 4 atom stereocenters. The highest BCUT2D eigenvalue weighted by Crippen LogP contribution is 2.51. The van der Waals surface area contributed by atoms with E-state index in [-0.39, 0.29) is 11.8 Å². The molecule has 7 heteroatoms. The molecular formula is C35H39ClN2O4. The van der Waals surface area contributed by atoms with E-state index in [1.807, 2.05) is 73.7 Å². The second kappa shape index (κ2) is 13.6. The molecule has 1 heterocycles. The number of halogens is 1. The summed E-state index contributed by atoms with van der Waals surface area (Å²) < 4.78 is 5.36. The van der Waals surface area contributed by atoms with Crippen LogP contribution in [-0.4, -0.2) is 35.8 Å². The van der Waals surface area contributed by atoms with Crippen LogP contribution in [0.2, 0.25) is 5.02 Å². The van der Waals surface area contributed by atoms with Gasteiger partial charge in [-0.05, 0) is 48.1 Å². The molecule has 6 nitrogen and oxygen atoms in total. The normalized spacial score (nSPS) is 22.2. The van der Waals surface area contributed by atoms with E-state index < -0.39 is 29.9 Å². The van der Waals surface area contributed by atoms with Gasteiger partial charge in [0.1, 0.15) is 6.04 Å². The molecule has 3 aromatic carbocycles. The zero-order chi connectivity index (χ0) is 29.6. The van der Waals surface area contributed by atoms with Gasteiger partial charge in [0.2, 0.25) is 11.8 Å². The number of aryl methyl sites for hydroxylation is 1. The quantitative estimate of drug-likeness (QED) is 0.281. The van der Waals surface area contributed by atoms with Crippen molar-refractivity contribution < 1.29 is 19.1 Å². The number of likely N-dealkylation sites (tertiary alicyclic amines) is 1. The monoisotopic (exact) mass is 586 g/mol. The van der Waals surface area contributed by atoms with Crippen LogP contribution in [0, 0.1) is 18.8 Å². The highest BCUT2D eigenvalue weighted by molar-refractivity contribution is 6.30. The molecule has 2 fully saturated rings. The summed E-state index contributed by atoms with van der Waals surface area (Å²) >= 11 is 6.24. The molecule has 220 valence electrons. The Morgan fingerprint density at radius 2 is 1.57 bits per heavy atom. The Kier molecular flexibility index (Phi) is 9.63. The molecular weight excluding hydrogens is 548 g/mol. The fourth-order valence-corrected chi connectivity index (χ4v) is 6.90. The third-order valence-electron chi connectivity index (χ3n) is 8.92. The van der Waals surface area contributed by atoms with Gasteiger partial charge in [-0.3, -0.25) is 14.4 Å². The van der Waals surface area contributed by atoms with Crippen molar-refractivity contribution in [2.75, 3.05) is 7.11 Å². The Labute approximate surface area is 253 Å². The number of nitrogens with zero attached hydrogens (tertiary/aromatic N) is 1. The van der Waals surface area contributed by atoms with Gasteiger partial charge < -0.3 is 15.0 Å². The number of methoxy groups -OCH3 is 1. The lowest BCUT2D eigenvalue weighted by molar-refractivity contribution is -0.147. The maximum absolute atomic E-state index is 14.3. The number of rotatable bonds is 9. The summed E-state index contributed by atoms with van der Waals surface area (Å²) in [6.45, 7) is 2.33. The highest BCUT2D eigenvalue weighted by Gasteiger charge is 2.57. The van der Waals surface area contributed by atoms with Crippen molar-refractivity contribution in [2.45, 2.75) is 70.0 Å². The van der Waals surface area contributed by atoms with Crippen molar-refractivity contribution in [3.8, 4) is 0 Å². The first-order valence-electron chi connectivity index (χ1n) is 14.9. The molecule has 5 rings (SSSR count). The topological polar surface area (TPSA) is 75.7 Å². The highest BCUT2D eigenvalue weighted by atomic mass is 35.5. The molecule has 1 aliphatic carbocycles. The first-order chi connectivity index (χ1) is 20.4. The maximum Gasteiger partial charge on any atom is 0.311 e. The van der Waals surface area contributed by atoms with Crippen LogP contribution >= 0.6 is 11.6 Å². The van der Waals surface area contributed by atoms with Crippen molar-refractivity contribution in [2.24, 2.45) is 11.8 Å². The summed E-state index contributed by atoms with van der Waals surface area (Å²) in [5, 5.41) is 3.65. The molecule has 2 aliphatic rings. The standard InChI is InChI=1S/C35H39ClN2O4/c1-23-12-14-25(15-13-23)22-37-34(40)33-30(26-10-4-3-5-11-26)31(35(41)42-2)32(27-17-19-28(36)20-18-27)38(33)29(39)21-16-24-8-6-7-9-24/h3-5,10-15,17-20,24,30-33H,6-9,16,21-22H2,1-2H3,(H,37,40). The van der Waals surface area contributed by atoms with E-state index in [0.29, 0.717) is 23.9 Å². The van der Waals surface area contributed by atoms with E-state index in [9.17, 15) is 14.4 Å². The second-order valence-corrected chi connectivity index (χ2v) is 12.1. The first kappa shape index (κ1) is 29.8. The number of amides is 2. The first-order valence-corrected chi connectivity index (χ1v) is 15.3. The molecule has 2 amide bonds. The molecule has 42 heavy (non-hydrogen) atoms. The van der Waals surface area contributed by atoms with Gasteiger partial charge in [-0.2, -0.15) is 0 Å². The smallest absolute Gasteiger partial charge is 0.311 e. The lowest BCUT2D eigenvalue weighted by Gasteiger charge is -2.32. The zero-order valence-electron chi connectivity index (χ0n) is 24.3. The number of ether oxygens (including phenoxy) is 1. The van der Waals surface area contributed by atoms with Crippen molar-refractivity contribution in [3.05, 3.63) is 106 Å². The van der Waals surface area contributed by atoms with Crippen LogP contribution in [0.5, 0.6) is 0 Å². The predicted molar refractivity (Wildman–Crippen MR) is 164 cm³/mol.